The van der Waals surface area contributed by atoms with Crippen molar-refractivity contribution in [3.63, 3.8) is 0 Å². The van der Waals surface area contributed by atoms with Crippen LogP contribution in [0.3, 0.4) is 0 Å². The number of ether oxygens (including phenoxy) is 3. The summed E-state index contributed by atoms with van der Waals surface area (Å²) in [6.07, 6.45) is 1.80. The Morgan fingerprint density at radius 3 is 2.58 bits per heavy atom. The number of fused-ring (bicyclic) bond motifs is 1. The highest BCUT2D eigenvalue weighted by molar-refractivity contribution is 9.10. The van der Waals surface area contributed by atoms with E-state index >= 15 is 0 Å². The first-order valence-electron chi connectivity index (χ1n) is 9.29. The highest BCUT2D eigenvalue weighted by Crippen LogP contribution is 2.33. The molecule has 4 aromatic rings. The molecule has 0 saturated carbocycles. The smallest absolute Gasteiger partial charge is 0.227 e. The van der Waals surface area contributed by atoms with Crippen molar-refractivity contribution in [3.8, 4) is 17.2 Å². The molecule has 0 aliphatic rings. The van der Waals surface area contributed by atoms with E-state index in [1.807, 2.05) is 60.7 Å². The van der Waals surface area contributed by atoms with E-state index in [-0.39, 0.29) is 12.4 Å². The van der Waals surface area contributed by atoms with Crippen LogP contribution < -0.4 is 19.5 Å². The average Bonchev–Trinajstić information content (AvgIpc) is 2.78. The molecule has 0 aliphatic heterocycles. The fraction of sp³-hybridized carbons (Fsp3) is 0.130. The number of halogens is 2. The predicted molar refractivity (Wildman–Crippen MR) is 128 cm³/mol. The molecule has 0 bridgehead atoms. The number of nitrogens with one attached hydrogen (secondary N) is 1. The van der Waals surface area contributed by atoms with Gasteiger partial charge in [-0.1, -0.05) is 30.3 Å². The third-order valence-corrected chi connectivity index (χ3v) is 5.21. The average molecular weight is 503 g/mol. The summed E-state index contributed by atoms with van der Waals surface area (Å²) in [5.74, 6) is 2.60. The maximum atomic E-state index is 5.95. The molecule has 4 rings (SSSR count). The molecule has 0 amide bonds. The van der Waals surface area contributed by atoms with Crippen molar-refractivity contribution in [2.45, 2.75) is 6.61 Å². The van der Waals surface area contributed by atoms with Crippen LogP contribution in [0.2, 0.25) is 0 Å². The lowest BCUT2D eigenvalue weighted by molar-refractivity contribution is 0.291. The van der Waals surface area contributed by atoms with E-state index in [2.05, 4.69) is 31.2 Å². The SMILES string of the molecule is COc1cccc(COc2ccc(Nc3ncc4ccccc4n3)c(Br)c2)c1OC.Cl. The lowest BCUT2D eigenvalue weighted by atomic mass is 10.2. The lowest BCUT2D eigenvalue weighted by Crippen LogP contribution is -2.01. The number of hydrogen-bond acceptors (Lipinski definition) is 6. The van der Waals surface area contributed by atoms with E-state index in [0.717, 1.165) is 32.4 Å². The number of aromatic nitrogens is 2. The first-order valence-corrected chi connectivity index (χ1v) is 10.1. The minimum atomic E-state index is 0. The van der Waals surface area contributed by atoms with E-state index in [1.165, 1.54) is 0 Å². The zero-order valence-electron chi connectivity index (χ0n) is 17.0. The number of para-hydroxylation sites is 2. The van der Waals surface area contributed by atoms with Gasteiger partial charge in [0.25, 0.3) is 0 Å². The summed E-state index contributed by atoms with van der Waals surface area (Å²) in [6, 6.07) is 19.3. The van der Waals surface area contributed by atoms with Crippen LogP contribution in [0.5, 0.6) is 17.2 Å². The van der Waals surface area contributed by atoms with Gasteiger partial charge in [-0.25, -0.2) is 9.97 Å². The van der Waals surface area contributed by atoms with Gasteiger partial charge in [0.15, 0.2) is 11.5 Å². The quantitative estimate of drug-likeness (QED) is 0.327. The molecule has 0 atom stereocenters. The maximum absolute atomic E-state index is 5.95. The second kappa shape index (κ2) is 10.3. The Kier molecular flexibility index (Phi) is 7.55. The van der Waals surface area contributed by atoms with Crippen LogP contribution in [0.15, 0.2) is 71.3 Å². The van der Waals surface area contributed by atoms with Crippen molar-refractivity contribution in [1.29, 1.82) is 0 Å². The van der Waals surface area contributed by atoms with Gasteiger partial charge in [0, 0.05) is 21.6 Å². The Hall–Kier alpha value is -3.03. The van der Waals surface area contributed by atoms with Crippen molar-refractivity contribution in [2.75, 3.05) is 19.5 Å². The van der Waals surface area contributed by atoms with Crippen molar-refractivity contribution in [2.24, 2.45) is 0 Å². The Morgan fingerprint density at radius 2 is 1.81 bits per heavy atom. The summed E-state index contributed by atoms with van der Waals surface area (Å²) in [6.45, 7) is 0.355. The van der Waals surface area contributed by atoms with Gasteiger partial charge in [0.2, 0.25) is 5.95 Å². The standard InChI is InChI=1S/C23H20BrN3O3.ClH/c1-28-21-9-5-7-16(22(21)29-2)14-30-17-10-11-20(18(24)12-17)27-23-25-13-15-6-3-4-8-19(15)26-23;/h3-13H,14H2,1-2H3,(H,25,26,27);1H. The number of nitrogens with zero attached hydrogens (tertiary/aromatic N) is 2. The van der Waals surface area contributed by atoms with Crippen LogP contribution in [0.1, 0.15) is 5.56 Å². The van der Waals surface area contributed by atoms with Gasteiger partial charge in [-0.2, -0.15) is 0 Å². The molecule has 6 nitrogen and oxygen atoms in total. The van der Waals surface area contributed by atoms with Crippen molar-refractivity contribution in [1.82, 2.24) is 9.97 Å². The van der Waals surface area contributed by atoms with Crippen molar-refractivity contribution < 1.29 is 14.2 Å². The molecule has 0 fully saturated rings. The zero-order valence-corrected chi connectivity index (χ0v) is 19.4. The minimum Gasteiger partial charge on any atom is -0.493 e. The van der Waals surface area contributed by atoms with Gasteiger partial charge in [0.05, 0.1) is 25.4 Å². The Bertz CT molecular complexity index is 1190. The summed E-state index contributed by atoms with van der Waals surface area (Å²) in [5, 5.41) is 4.24. The molecule has 1 heterocycles. The normalized spacial score (nSPS) is 10.3. The van der Waals surface area contributed by atoms with Gasteiger partial charge < -0.3 is 19.5 Å². The molecule has 3 aromatic carbocycles. The maximum Gasteiger partial charge on any atom is 0.227 e. The molecule has 0 spiro atoms. The molecule has 31 heavy (non-hydrogen) atoms. The molecule has 1 aromatic heterocycles. The van der Waals surface area contributed by atoms with E-state index in [1.54, 1.807) is 20.4 Å². The number of rotatable bonds is 7. The van der Waals surface area contributed by atoms with E-state index in [9.17, 15) is 0 Å². The molecule has 8 heteroatoms. The van der Waals surface area contributed by atoms with Crippen LogP contribution in [0, 0.1) is 0 Å². The third-order valence-electron chi connectivity index (χ3n) is 4.55. The monoisotopic (exact) mass is 501 g/mol. The summed E-state index contributed by atoms with van der Waals surface area (Å²) < 4.78 is 17.6. The summed E-state index contributed by atoms with van der Waals surface area (Å²) >= 11 is 3.59. The molecular weight excluding hydrogens is 482 g/mol. The predicted octanol–water partition coefficient (Wildman–Crippen LogP) is 6.15. The van der Waals surface area contributed by atoms with Crippen molar-refractivity contribution >= 4 is 50.9 Å². The Morgan fingerprint density at radius 1 is 0.968 bits per heavy atom. The van der Waals surface area contributed by atoms with Crippen LogP contribution in [0.25, 0.3) is 10.9 Å². The lowest BCUT2D eigenvalue weighted by Gasteiger charge is -2.14. The molecule has 0 radical (unpaired) electrons. The van der Waals surface area contributed by atoms with Gasteiger partial charge in [-0.15, -0.1) is 12.4 Å². The topological polar surface area (TPSA) is 65.5 Å². The van der Waals surface area contributed by atoms with Crippen LogP contribution in [-0.4, -0.2) is 24.2 Å². The molecule has 1 N–H and O–H groups in total. The second-order valence-electron chi connectivity index (χ2n) is 6.46. The Balaban J connectivity index is 0.00000272. The van der Waals surface area contributed by atoms with Crippen LogP contribution in [-0.2, 0) is 6.61 Å². The Labute approximate surface area is 195 Å². The molecule has 160 valence electrons. The fourth-order valence-corrected chi connectivity index (χ4v) is 3.53. The molecular formula is C23H21BrClN3O3. The van der Waals surface area contributed by atoms with E-state index in [0.29, 0.717) is 24.1 Å². The fourth-order valence-electron chi connectivity index (χ4n) is 3.07. The minimum absolute atomic E-state index is 0. The molecule has 0 saturated heterocycles. The summed E-state index contributed by atoms with van der Waals surface area (Å²) in [7, 11) is 3.23. The number of hydrogen-bond donors (Lipinski definition) is 1. The largest absolute Gasteiger partial charge is 0.493 e. The van der Waals surface area contributed by atoms with Crippen molar-refractivity contribution in [3.05, 3.63) is 76.9 Å². The summed E-state index contributed by atoms with van der Waals surface area (Å²) in [5.41, 5.74) is 2.63. The highest BCUT2D eigenvalue weighted by Gasteiger charge is 2.11. The summed E-state index contributed by atoms with van der Waals surface area (Å²) in [4.78, 5) is 8.92. The molecule has 0 aliphatic carbocycles. The number of methoxy groups -OCH3 is 2. The molecule has 0 unspecified atom stereocenters. The van der Waals surface area contributed by atoms with E-state index < -0.39 is 0 Å². The van der Waals surface area contributed by atoms with Gasteiger partial charge in [0.1, 0.15) is 12.4 Å². The van der Waals surface area contributed by atoms with E-state index in [4.69, 9.17) is 14.2 Å². The van der Waals surface area contributed by atoms with Crippen LogP contribution in [0.4, 0.5) is 11.6 Å². The first kappa shape index (κ1) is 22.7. The third kappa shape index (κ3) is 5.18. The van der Waals surface area contributed by atoms with Gasteiger partial charge in [-0.05, 0) is 46.3 Å². The second-order valence-corrected chi connectivity index (χ2v) is 7.31. The van der Waals surface area contributed by atoms with Gasteiger partial charge in [-0.3, -0.25) is 0 Å². The zero-order chi connectivity index (χ0) is 20.9. The number of benzene rings is 3. The highest BCUT2D eigenvalue weighted by atomic mass is 79.9. The van der Waals surface area contributed by atoms with Crippen LogP contribution >= 0.6 is 28.3 Å². The first-order chi connectivity index (χ1) is 14.7. The van der Waals surface area contributed by atoms with Gasteiger partial charge >= 0.3 is 0 Å². The number of anilines is 2.